The number of halogens is 1. The lowest BCUT2D eigenvalue weighted by molar-refractivity contribution is -0.141. The molecule has 1 fully saturated rings. The smallest absolute Gasteiger partial charge is 0.243 e. The van der Waals surface area contributed by atoms with Crippen molar-refractivity contribution in [1.82, 2.24) is 10.2 Å². The summed E-state index contributed by atoms with van der Waals surface area (Å²) >= 11 is 6.06. The lowest BCUT2D eigenvalue weighted by Gasteiger charge is -2.33. The number of amides is 2. The highest BCUT2D eigenvalue weighted by Crippen LogP contribution is 2.31. The van der Waals surface area contributed by atoms with E-state index in [1.807, 2.05) is 49.4 Å². The zero-order chi connectivity index (χ0) is 24.6. The molecule has 35 heavy (non-hydrogen) atoms. The van der Waals surface area contributed by atoms with Crippen molar-refractivity contribution < 1.29 is 19.1 Å². The van der Waals surface area contributed by atoms with Gasteiger partial charge in [-0.05, 0) is 61.1 Å². The molecule has 1 heterocycles. The van der Waals surface area contributed by atoms with E-state index in [0.29, 0.717) is 44.0 Å². The second-order valence-electron chi connectivity index (χ2n) is 9.39. The molecule has 0 aromatic heterocycles. The Hall–Kier alpha value is -2.73. The van der Waals surface area contributed by atoms with Gasteiger partial charge in [0.1, 0.15) is 19.3 Å². The Morgan fingerprint density at radius 1 is 1.00 bits per heavy atom. The third-order valence-corrected chi connectivity index (χ3v) is 7.09. The van der Waals surface area contributed by atoms with E-state index in [9.17, 15) is 9.59 Å². The summed E-state index contributed by atoms with van der Waals surface area (Å²) in [5.41, 5.74) is 1.96. The predicted molar refractivity (Wildman–Crippen MR) is 137 cm³/mol. The van der Waals surface area contributed by atoms with E-state index in [1.54, 1.807) is 4.90 Å². The second kappa shape index (κ2) is 12.3. The van der Waals surface area contributed by atoms with Crippen LogP contribution in [0.4, 0.5) is 0 Å². The summed E-state index contributed by atoms with van der Waals surface area (Å²) in [6.07, 6.45) is 6.96. The number of rotatable bonds is 9. The molecule has 188 valence electrons. The highest BCUT2D eigenvalue weighted by atomic mass is 35.5. The molecule has 1 saturated carbocycles. The van der Waals surface area contributed by atoms with Gasteiger partial charge in [0.05, 0.1) is 0 Å². The van der Waals surface area contributed by atoms with E-state index in [4.69, 9.17) is 21.1 Å². The van der Waals surface area contributed by atoms with Crippen LogP contribution in [-0.4, -0.2) is 42.0 Å². The zero-order valence-corrected chi connectivity index (χ0v) is 21.2. The van der Waals surface area contributed by atoms with Gasteiger partial charge >= 0.3 is 0 Å². The van der Waals surface area contributed by atoms with Crippen molar-refractivity contribution >= 4 is 23.4 Å². The summed E-state index contributed by atoms with van der Waals surface area (Å²) < 4.78 is 11.3. The van der Waals surface area contributed by atoms with Crippen LogP contribution >= 0.6 is 11.6 Å². The summed E-state index contributed by atoms with van der Waals surface area (Å²) in [6, 6.07) is 13.0. The van der Waals surface area contributed by atoms with Crippen LogP contribution in [0.15, 0.2) is 42.5 Å². The molecule has 0 spiro atoms. The molecule has 7 heteroatoms. The summed E-state index contributed by atoms with van der Waals surface area (Å²) in [7, 11) is 0. The molecule has 0 unspecified atom stereocenters. The molecule has 2 aromatic carbocycles. The summed E-state index contributed by atoms with van der Waals surface area (Å²) in [6.45, 7) is 3.41. The number of ether oxygens (including phenoxy) is 2. The predicted octanol–water partition coefficient (Wildman–Crippen LogP) is 5.30. The van der Waals surface area contributed by atoms with Crippen molar-refractivity contribution in [3.63, 3.8) is 0 Å². The molecule has 1 atom stereocenters. The maximum atomic E-state index is 13.5. The number of hydrogen-bond acceptors (Lipinski definition) is 4. The van der Waals surface area contributed by atoms with Crippen LogP contribution in [0.3, 0.4) is 0 Å². The van der Waals surface area contributed by atoms with Gasteiger partial charge in [0.25, 0.3) is 0 Å². The van der Waals surface area contributed by atoms with Crippen LogP contribution in [0.5, 0.6) is 11.5 Å². The maximum Gasteiger partial charge on any atom is 0.243 e. The molecule has 1 aliphatic heterocycles. The minimum absolute atomic E-state index is 0.0412. The fraction of sp³-hybridized carbons (Fsp3) is 0.500. The monoisotopic (exact) mass is 498 g/mol. The van der Waals surface area contributed by atoms with Crippen LogP contribution in [-0.2, 0) is 22.6 Å². The maximum absolute atomic E-state index is 13.5. The van der Waals surface area contributed by atoms with Crippen LogP contribution in [0, 0.1) is 0 Å². The van der Waals surface area contributed by atoms with E-state index in [1.165, 1.54) is 6.42 Å². The first-order chi connectivity index (χ1) is 17.0. The van der Waals surface area contributed by atoms with E-state index >= 15 is 0 Å². The molecule has 2 aliphatic rings. The highest BCUT2D eigenvalue weighted by Gasteiger charge is 2.30. The lowest BCUT2D eigenvalue weighted by atomic mass is 9.95. The van der Waals surface area contributed by atoms with Crippen LogP contribution < -0.4 is 14.8 Å². The molecular weight excluding hydrogens is 464 g/mol. The summed E-state index contributed by atoms with van der Waals surface area (Å²) in [5, 5.41) is 3.87. The third-order valence-electron chi connectivity index (χ3n) is 6.84. The SMILES string of the molecule is CC[C@H](C(=O)NC1CCCCC1)N(Cc1ccc(Cl)cc1)C(=O)CCc1ccc2c(c1)OCCO2. The number of fused-ring (bicyclic) bond motifs is 1. The minimum atomic E-state index is -0.514. The fourth-order valence-electron chi connectivity index (χ4n) is 4.89. The van der Waals surface area contributed by atoms with E-state index in [2.05, 4.69) is 5.32 Å². The highest BCUT2D eigenvalue weighted by molar-refractivity contribution is 6.30. The molecule has 1 N–H and O–H groups in total. The average Bonchev–Trinajstić information content (AvgIpc) is 2.88. The van der Waals surface area contributed by atoms with Gasteiger partial charge in [-0.1, -0.05) is 56.0 Å². The zero-order valence-electron chi connectivity index (χ0n) is 20.4. The van der Waals surface area contributed by atoms with Crippen LogP contribution in [0.25, 0.3) is 0 Å². The first-order valence-electron chi connectivity index (χ1n) is 12.8. The quantitative estimate of drug-likeness (QED) is 0.509. The van der Waals surface area contributed by atoms with Crippen molar-refractivity contribution in [2.75, 3.05) is 13.2 Å². The Labute approximate surface area is 212 Å². The van der Waals surface area contributed by atoms with E-state index in [-0.39, 0.29) is 17.9 Å². The van der Waals surface area contributed by atoms with Gasteiger partial charge in [-0.15, -0.1) is 0 Å². The number of benzene rings is 2. The van der Waals surface area contributed by atoms with Crippen molar-refractivity contribution in [2.45, 2.75) is 76.9 Å². The topological polar surface area (TPSA) is 67.9 Å². The van der Waals surface area contributed by atoms with Crippen LogP contribution in [0.2, 0.25) is 5.02 Å². The Bertz CT molecular complexity index is 1000. The van der Waals surface area contributed by atoms with Gasteiger partial charge in [-0.2, -0.15) is 0 Å². The molecule has 0 bridgehead atoms. The summed E-state index contributed by atoms with van der Waals surface area (Å²) in [4.78, 5) is 28.6. The fourth-order valence-corrected chi connectivity index (χ4v) is 5.01. The molecule has 2 aromatic rings. The van der Waals surface area contributed by atoms with Crippen molar-refractivity contribution in [2.24, 2.45) is 0 Å². The van der Waals surface area contributed by atoms with Gasteiger partial charge < -0.3 is 19.7 Å². The average molecular weight is 499 g/mol. The first-order valence-corrected chi connectivity index (χ1v) is 13.1. The number of aryl methyl sites for hydroxylation is 1. The van der Waals surface area contributed by atoms with Gasteiger partial charge in [0.2, 0.25) is 11.8 Å². The molecule has 6 nitrogen and oxygen atoms in total. The Morgan fingerprint density at radius 3 is 2.40 bits per heavy atom. The first kappa shape index (κ1) is 25.4. The lowest BCUT2D eigenvalue weighted by Crippen LogP contribution is -2.51. The van der Waals surface area contributed by atoms with Gasteiger partial charge in [-0.3, -0.25) is 9.59 Å². The van der Waals surface area contributed by atoms with Gasteiger partial charge in [-0.25, -0.2) is 0 Å². The molecular formula is C28H35ClN2O4. The standard InChI is InChI=1S/C28H35ClN2O4/c1-2-24(28(33)30-23-6-4-3-5-7-23)31(19-21-8-12-22(29)13-9-21)27(32)15-11-20-10-14-25-26(18-20)35-17-16-34-25/h8-10,12-14,18,23-24H,2-7,11,15-17,19H2,1H3,(H,30,33)/t24-/m1/s1. The van der Waals surface area contributed by atoms with Gasteiger partial charge in [0.15, 0.2) is 11.5 Å². The van der Waals surface area contributed by atoms with Gasteiger partial charge in [0, 0.05) is 24.0 Å². The van der Waals surface area contributed by atoms with Crippen molar-refractivity contribution in [3.05, 3.63) is 58.6 Å². The second-order valence-corrected chi connectivity index (χ2v) is 9.83. The number of nitrogens with one attached hydrogen (secondary N) is 1. The number of nitrogens with zero attached hydrogens (tertiary/aromatic N) is 1. The molecule has 0 radical (unpaired) electrons. The van der Waals surface area contributed by atoms with Crippen molar-refractivity contribution in [1.29, 1.82) is 0 Å². The normalized spacial score (nSPS) is 16.4. The Kier molecular flexibility index (Phi) is 8.91. The minimum Gasteiger partial charge on any atom is -0.486 e. The third kappa shape index (κ3) is 6.91. The number of carbonyl (C=O) groups excluding carboxylic acids is 2. The largest absolute Gasteiger partial charge is 0.486 e. The molecule has 4 rings (SSSR count). The molecule has 1 aliphatic carbocycles. The molecule has 0 saturated heterocycles. The van der Waals surface area contributed by atoms with Crippen molar-refractivity contribution in [3.8, 4) is 11.5 Å². The Morgan fingerprint density at radius 2 is 1.69 bits per heavy atom. The number of carbonyl (C=O) groups is 2. The summed E-state index contributed by atoms with van der Waals surface area (Å²) in [5.74, 6) is 1.36. The number of hydrogen-bond donors (Lipinski definition) is 1. The Balaban J connectivity index is 1.47. The van der Waals surface area contributed by atoms with Crippen LogP contribution in [0.1, 0.15) is 63.0 Å². The van der Waals surface area contributed by atoms with E-state index in [0.717, 1.165) is 48.3 Å². The van der Waals surface area contributed by atoms with E-state index < -0.39 is 6.04 Å². The molecule has 2 amide bonds.